The summed E-state index contributed by atoms with van der Waals surface area (Å²) in [6.07, 6.45) is 6.63. The monoisotopic (exact) mass is 475 g/mol. The molecule has 5 rings (SSSR count). The van der Waals surface area contributed by atoms with Crippen molar-refractivity contribution in [1.29, 1.82) is 0 Å². The molecule has 2 aromatic heterocycles. The lowest BCUT2D eigenvalue weighted by molar-refractivity contribution is 0.168. The van der Waals surface area contributed by atoms with Gasteiger partial charge < -0.3 is 15.1 Å². The first-order valence-electron chi connectivity index (χ1n) is 11.9. The molecule has 1 aliphatic heterocycles. The number of urea groups is 1. The number of aromatic nitrogens is 4. The Kier molecular flexibility index (Phi) is 6.00. The van der Waals surface area contributed by atoms with E-state index in [-0.39, 0.29) is 23.9 Å². The molecule has 0 spiro atoms. The molecule has 3 aromatic rings. The van der Waals surface area contributed by atoms with E-state index < -0.39 is 0 Å². The second-order valence-corrected chi connectivity index (χ2v) is 9.42. The maximum atomic E-state index is 13.2. The van der Waals surface area contributed by atoms with Crippen molar-refractivity contribution >= 4 is 23.5 Å². The molecule has 182 valence electrons. The predicted octanol–water partition coefficient (Wildman–Crippen LogP) is 3.74. The maximum absolute atomic E-state index is 13.2. The molecule has 0 saturated carbocycles. The SMILES string of the molecule is Cc1nn(C)cc1C1=Cc2c(ncnc2N2CCN(C(=O)N[C@@H](C)c3ccc(F)cc3)[C@H](C)C2)C1. The molecule has 1 N–H and O–H groups in total. The zero-order valence-electron chi connectivity index (χ0n) is 20.5. The van der Waals surface area contributed by atoms with E-state index >= 15 is 0 Å². The fourth-order valence-electron chi connectivity index (χ4n) is 5.01. The van der Waals surface area contributed by atoms with Gasteiger partial charge in [-0.2, -0.15) is 5.10 Å². The van der Waals surface area contributed by atoms with Crippen molar-refractivity contribution in [2.24, 2.45) is 7.05 Å². The van der Waals surface area contributed by atoms with E-state index in [1.54, 1.807) is 18.5 Å². The molecule has 1 fully saturated rings. The average molecular weight is 476 g/mol. The molecule has 9 heteroatoms. The molecule has 2 atom stereocenters. The molecule has 35 heavy (non-hydrogen) atoms. The van der Waals surface area contributed by atoms with Crippen LogP contribution in [0.1, 0.15) is 48.0 Å². The van der Waals surface area contributed by atoms with Crippen LogP contribution in [0.15, 0.2) is 36.8 Å². The van der Waals surface area contributed by atoms with Crippen LogP contribution in [0, 0.1) is 12.7 Å². The van der Waals surface area contributed by atoms with Gasteiger partial charge in [0.2, 0.25) is 0 Å². The Morgan fingerprint density at radius 3 is 2.66 bits per heavy atom. The van der Waals surface area contributed by atoms with Crippen LogP contribution in [-0.4, -0.2) is 56.4 Å². The van der Waals surface area contributed by atoms with Crippen molar-refractivity contribution in [2.45, 2.75) is 39.3 Å². The van der Waals surface area contributed by atoms with Crippen LogP contribution in [0.2, 0.25) is 0 Å². The molecular formula is C26H30FN7O. The minimum Gasteiger partial charge on any atom is -0.352 e. The normalized spacial score (nSPS) is 18.3. The van der Waals surface area contributed by atoms with E-state index in [0.29, 0.717) is 19.6 Å². The van der Waals surface area contributed by atoms with Gasteiger partial charge in [-0.1, -0.05) is 12.1 Å². The maximum Gasteiger partial charge on any atom is 0.318 e. The lowest BCUT2D eigenvalue weighted by Crippen LogP contribution is -2.57. The zero-order valence-corrected chi connectivity index (χ0v) is 20.5. The largest absolute Gasteiger partial charge is 0.352 e. The Balaban J connectivity index is 1.28. The summed E-state index contributed by atoms with van der Waals surface area (Å²) in [5.74, 6) is 0.629. The van der Waals surface area contributed by atoms with Crippen LogP contribution < -0.4 is 10.2 Å². The van der Waals surface area contributed by atoms with E-state index in [4.69, 9.17) is 0 Å². The number of rotatable bonds is 4. The summed E-state index contributed by atoms with van der Waals surface area (Å²) < 4.78 is 15.1. The number of hydrogen-bond donors (Lipinski definition) is 1. The number of anilines is 1. The number of hydrogen-bond acceptors (Lipinski definition) is 5. The summed E-state index contributed by atoms with van der Waals surface area (Å²) in [4.78, 5) is 26.3. The van der Waals surface area contributed by atoms with E-state index in [0.717, 1.165) is 40.3 Å². The number of benzene rings is 1. The van der Waals surface area contributed by atoms with Gasteiger partial charge in [0.15, 0.2) is 0 Å². The third-order valence-corrected chi connectivity index (χ3v) is 6.88. The van der Waals surface area contributed by atoms with Gasteiger partial charge in [-0.25, -0.2) is 19.2 Å². The Morgan fingerprint density at radius 1 is 1.20 bits per heavy atom. The average Bonchev–Trinajstić information content (AvgIpc) is 3.41. The molecular weight excluding hydrogens is 445 g/mol. The number of nitrogens with zero attached hydrogens (tertiary/aromatic N) is 6. The fourth-order valence-corrected chi connectivity index (χ4v) is 5.01. The summed E-state index contributed by atoms with van der Waals surface area (Å²) in [5.41, 5.74) is 6.29. The molecule has 0 radical (unpaired) electrons. The molecule has 0 bridgehead atoms. The summed E-state index contributed by atoms with van der Waals surface area (Å²) in [6.45, 7) is 7.92. The smallest absolute Gasteiger partial charge is 0.318 e. The second kappa shape index (κ2) is 9.13. The minimum absolute atomic E-state index is 0.000189. The van der Waals surface area contributed by atoms with Crippen molar-refractivity contribution < 1.29 is 9.18 Å². The number of halogens is 1. The van der Waals surface area contributed by atoms with Crippen molar-refractivity contribution in [2.75, 3.05) is 24.5 Å². The molecule has 1 saturated heterocycles. The molecule has 2 aliphatic rings. The van der Waals surface area contributed by atoms with Crippen LogP contribution in [0.5, 0.6) is 0 Å². The van der Waals surface area contributed by atoms with Crippen LogP contribution in [0.25, 0.3) is 11.6 Å². The quantitative estimate of drug-likeness (QED) is 0.622. The van der Waals surface area contributed by atoms with Gasteiger partial charge in [0.25, 0.3) is 0 Å². The number of amides is 2. The number of nitrogens with one attached hydrogen (secondary N) is 1. The fraction of sp³-hybridized carbons (Fsp3) is 0.385. The van der Waals surface area contributed by atoms with Gasteiger partial charge >= 0.3 is 6.03 Å². The van der Waals surface area contributed by atoms with E-state index in [1.807, 2.05) is 36.7 Å². The first kappa shape index (κ1) is 23.0. The number of allylic oxidation sites excluding steroid dienone is 1. The molecule has 2 amide bonds. The number of fused-ring (bicyclic) bond motifs is 1. The third kappa shape index (κ3) is 4.50. The summed E-state index contributed by atoms with van der Waals surface area (Å²) in [7, 11) is 1.93. The van der Waals surface area contributed by atoms with Gasteiger partial charge in [0.05, 0.1) is 17.4 Å². The predicted molar refractivity (Wildman–Crippen MR) is 133 cm³/mol. The van der Waals surface area contributed by atoms with Crippen molar-refractivity contribution in [3.8, 4) is 0 Å². The second-order valence-electron chi connectivity index (χ2n) is 9.42. The van der Waals surface area contributed by atoms with Crippen molar-refractivity contribution in [3.63, 3.8) is 0 Å². The summed E-state index contributed by atoms with van der Waals surface area (Å²) in [5, 5.41) is 7.52. The lowest BCUT2D eigenvalue weighted by atomic mass is 10.1. The number of aryl methyl sites for hydroxylation is 2. The van der Waals surface area contributed by atoms with Crippen molar-refractivity contribution in [1.82, 2.24) is 30.0 Å². The Bertz CT molecular complexity index is 1280. The number of carbonyl (C=O) groups excluding carboxylic acids is 1. The van der Waals surface area contributed by atoms with Crippen LogP contribution in [0.4, 0.5) is 15.0 Å². The molecule has 8 nitrogen and oxygen atoms in total. The van der Waals surface area contributed by atoms with Crippen LogP contribution in [0.3, 0.4) is 0 Å². The van der Waals surface area contributed by atoms with Crippen LogP contribution >= 0.6 is 0 Å². The highest BCUT2D eigenvalue weighted by molar-refractivity contribution is 5.91. The minimum atomic E-state index is -0.286. The van der Waals surface area contributed by atoms with Gasteiger partial charge in [-0.3, -0.25) is 4.68 Å². The molecule has 3 heterocycles. The number of carbonyl (C=O) groups is 1. The third-order valence-electron chi connectivity index (χ3n) is 6.88. The Hall–Kier alpha value is -3.75. The first-order valence-corrected chi connectivity index (χ1v) is 11.9. The van der Waals surface area contributed by atoms with Gasteiger partial charge in [-0.15, -0.1) is 0 Å². The van der Waals surface area contributed by atoms with Gasteiger partial charge in [0.1, 0.15) is 18.0 Å². The standard InChI is InChI=1S/C26H30FN7O/c1-16-13-33(9-10-34(16)26(35)30-17(2)19-5-7-21(27)8-6-19)25-22-11-20(12-24(22)28-15-29-25)23-14-32(4)31-18(23)3/h5-8,11,14-17H,9-10,12-13H2,1-4H3,(H,30,35)/t16-,17+/m1/s1. The molecule has 0 unspecified atom stereocenters. The van der Waals surface area contributed by atoms with Crippen LogP contribution in [-0.2, 0) is 13.5 Å². The highest BCUT2D eigenvalue weighted by Gasteiger charge is 2.31. The Morgan fingerprint density at radius 2 is 1.97 bits per heavy atom. The summed E-state index contributed by atoms with van der Waals surface area (Å²) >= 11 is 0. The highest BCUT2D eigenvalue weighted by atomic mass is 19.1. The van der Waals surface area contributed by atoms with Crippen molar-refractivity contribution in [3.05, 3.63) is 70.7 Å². The molecule has 1 aliphatic carbocycles. The summed E-state index contributed by atoms with van der Waals surface area (Å²) in [6, 6.07) is 5.90. The lowest BCUT2D eigenvalue weighted by Gasteiger charge is -2.41. The van der Waals surface area contributed by atoms with E-state index in [1.165, 1.54) is 17.7 Å². The molecule has 1 aromatic carbocycles. The topological polar surface area (TPSA) is 79.2 Å². The van der Waals surface area contributed by atoms with Gasteiger partial charge in [0, 0.05) is 56.5 Å². The van der Waals surface area contributed by atoms with E-state index in [2.05, 4.69) is 38.3 Å². The zero-order chi connectivity index (χ0) is 24.7. The highest BCUT2D eigenvalue weighted by Crippen LogP contribution is 2.36. The van der Waals surface area contributed by atoms with Gasteiger partial charge in [-0.05, 0) is 50.1 Å². The Labute approximate surface area is 204 Å². The number of piperazine rings is 1. The first-order chi connectivity index (χ1) is 16.8. The van der Waals surface area contributed by atoms with E-state index in [9.17, 15) is 9.18 Å².